The van der Waals surface area contributed by atoms with Gasteiger partial charge in [-0.25, -0.2) is 4.68 Å². The minimum absolute atomic E-state index is 0.395. The van der Waals surface area contributed by atoms with Crippen LogP contribution in [0, 0.1) is 0 Å². The average molecular weight is 232 g/mol. The van der Waals surface area contributed by atoms with Crippen molar-refractivity contribution in [1.29, 1.82) is 0 Å². The molecule has 0 N–H and O–H groups in total. The number of nitrogens with zero attached hydrogens (tertiary/aromatic N) is 4. The molecule has 5 nitrogen and oxygen atoms in total. The molecule has 5 heteroatoms. The summed E-state index contributed by atoms with van der Waals surface area (Å²) in [5.74, 6) is 1.95. The number of para-hydroxylation sites is 1. The summed E-state index contributed by atoms with van der Waals surface area (Å²) in [5.41, 5.74) is 2.08. The number of hydrogen-bond acceptors (Lipinski definition) is 4. The van der Waals surface area contributed by atoms with E-state index in [1.807, 2.05) is 19.2 Å². The number of tetrazole rings is 1. The van der Waals surface area contributed by atoms with Crippen LogP contribution in [0.2, 0.25) is 0 Å². The average Bonchev–Trinajstić information content (AvgIpc) is 2.74. The molecule has 2 aromatic rings. The normalized spacial score (nSPS) is 10.9. The SMILES string of the molecule is COc1c(-c2nnnn2C)cccc1C(C)C. The van der Waals surface area contributed by atoms with E-state index in [4.69, 9.17) is 4.74 Å². The van der Waals surface area contributed by atoms with Crippen molar-refractivity contribution >= 4 is 0 Å². The molecule has 0 atom stereocenters. The van der Waals surface area contributed by atoms with E-state index < -0.39 is 0 Å². The van der Waals surface area contributed by atoms with E-state index in [2.05, 4.69) is 35.4 Å². The van der Waals surface area contributed by atoms with E-state index in [0.29, 0.717) is 11.7 Å². The molecule has 17 heavy (non-hydrogen) atoms. The first kappa shape index (κ1) is 11.6. The van der Waals surface area contributed by atoms with Gasteiger partial charge in [-0.05, 0) is 28.0 Å². The lowest BCUT2D eigenvalue weighted by atomic mass is 9.99. The van der Waals surface area contributed by atoms with Crippen molar-refractivity contribution in [1.82, 2.24) is 20.2 Å². The third-order valence-electron chi connectivity index (χ3n) is 2.73. The number of aromatic nitrogens is 4. The Morgan fingerprint density at radius 3 is 2.59 bits per heavy atom. The van der Waals surface area contributed by atoms with Crippen LogP contribution in [0.4, 0.5) is 0 Å². The standard InChI is InChI=1S/C12H16N4O/c1-8(2)9-6-5-7-10(11(9)17-4)12-13-14-15-16(12)3/h5-8H,1-4H3. The molecule has 2 rings (SSSR count). The predicted octanol–water partition coefficient (Wildman–Crippen LogP) is 2.01. The summed E-state index contributed by atoms with van der Waals surface area (Å²) in [6.07, 6.45) is 0. The predicted molar refractivity (Wildman–Crippen MR) is 64.9 cm³/mol. The van der Waals surface area contributed by atoms with Gasteiger partial charge in [-0.1, -0.05) is 26.0 Å². The van der Waals surface area contributed by atoms with Crippen molar-refractivity contribution in [2.24, 2.45) is 7.05 Å². The number of aryl methyl sites for hydroxylation is 1. The fourth-order valence-corrected chi connectivity index (χ4v) is 1.87. The molecule has 0 bridgehead atoms. The molecule has 0 aliphatic rings. The first-order valence-electron chi connectivity index (χ1n) is 5.54. The van der Waals surface area contributed by atoms with Crippen LogP contribution in [0.5, 0.6) is 5.75 Å². The van der Waals surface area contributed by atoms with Crippen LogP contribution >= 0.6 is 0 Å². The molecule has 0 saturated heterocycles. The minimum Gasteiger partial charge on any atom is -0.496 e. The minimum atomic E-state index is 0.395. The highest BCUT2D eigenvalue weighted by Gasteiger charge is 2.16. The van der Waals surface area contributed by atoms with Crippen LogP contribution in [-0.4, -0.2) is 27.3 Å². The van der Waals surface area contributed by atoms with Crippen molar-refractivity contribution in [2.75, 3.05) is 7.11 Å². The van der Waals surface area contributed by atoms with Crippen LogP contribution in [0.3, 0.4) is 0 Å². The Labute approximate surface area is 100 Å². The second-order valence-corrected chi connectivity index (χ2v) is 4.21. The summed E-state index contributed by atoms with van der Waals surface area (Å²) in [6.45, 7) is 4.27. The van der Waals surface area contributed by atoms with E-state index in [0.717, 1.165) is 16.9 Å². The second kappa shape index (κ2) is 4.53. The maximum Gasteiger partial charge on any atom is 0.185 e. The molecule has 0 fully saturated rings. The number of hydrogen-bond donors (Lipinski definition) is 0. The zero-order valence-electron chi connectivity index (χ0n) is 10.5. The third kappa shape index (κ3) is 2.00. The largest absolute Gasteiger partial charge is 0.496 e. The van der Waals surface area contributed by atoms with Crippen LogP contribution in [0.15, 0.2) is 18.2 Å². The van der Waals surface area contributed by atoms with Gasteiger partial charge in [0.15, 0.2) is 5.82 Å². The monoisotopic (exact) mass is 232 g/mol. The number of methoxy groups -OCH3 is 1. The molecule has 0 radical (unpaired) electrons. The molecular formula is C12H16N4O. The Morgan fingerprint density at radius 2 is 2.06 bits per heavy atom. The molecule has 90 valence electrons. The van der Waals surface area contributed by atoms with Crippen molar-refractivity contribution in [3.05, 3.63) is 23.8 Å². The van der Waals surface area contributed by atoms with E-state index in [-0.39, 0.29) is 0 Å². The van der Waals surface area contributed by atoms with Crippen molar-refractivity contribution < 1.29 is 4.74 Å². The van der Waals surface area contributed by atoms with Gasteiger partial charge in [0.2, 0.25) is 0 Å². The van der Waals surface area contributed by atoms with Gasteiger partial charge in [0.25, 0.3) is 0 Å². The number of ether oxygens (including phenoxy) is 1. The van der Waals surface area contributed by atoms with Gasteiger partial charge in [-0.2, -0.15) is 0 Å². The Hall–Kier alpha value is -1.91. The quantitative estimate of drug-likeness (QED) is 0.812. The second-order valence-electron chi connectivity index (χ2n) is 4.21. The van der Waals surface area contributed by atoms with Crippen molar-refractivity contribution in [2.45, 2.75) is 19.8 Å². The van der Waals surface area contributed by atoms with Gasteiger partial charge in [0.05, 0.1) is 12.7 Å². The number of rotatable bonds is 3. The maximum absolute atomic E-state index is 5.51. The van der Waals surface area contributed by atoms with Crippen molar-refractivity contribution in [3.8, 4) is 17.1 Å². The Balaban J connectivity index is 2.62. The van der Waals surface area contributed by atoms with Crippen LogP contribution in [0.25, 0.3) is 11.4 Å². The van der Waals surface area contributed by atoms with Gasteiger partial charge in [-0.3, -0.25) is 0 Å². The molecule has 0 unspecified atom stereocenters. The Bertz CT molecular complexity index is 519. The van der Waals surface area contributed by atoms with E-state index >= 15 is 0 Å². The molecule has 0 aliphatic heterocycles. The van der Waals surface area contributed by atoms with Gasteiger partial charge in [0.1, 0.15) is 5.75 Å². The first-order chi connectivity index (χ1) is 8.15. The fourth-order valence-electron chi connectivity index (χ4n) is 1.87. The maximum atomic E-state index is 5.51. The summed E-state index contributed by atoms with van der Waals surface area (Å²) in [6, 6.07) is 6.04. The summed E-state index contributed by atoms with van der Waals surface area (Å²) < 4.78 is 7.15. The fraction of sp³-hybridized carbons (Fsp3) is 0.417. The van der Waals surface area contributed by atoms with Crippen molar-refractivity contribution in [3.63, 3.8) is 0 Å². The molecule has 1 aromatic carbocycles. The first-order valence-corrected chi connectivity index (χ1v) is 5.54. The van der Waals surface area contributed by atoms with Crippen LogP contribution in [-0.2, 0) is 7.05 Å². The topological polar surface area (TPSA) is 52.8 Å². The van der Waals surface area contributed by atoms with Gasteiger partial charge >= 0.3 is 0 Å². The molecular weight excluding hydrogens is 216 g/mol. The van der Waals surface area contributed by atoms with E-state index in [1.54, 1.807) is 11.8 Å². The summed E-state index contributed by atoms with van der Waals surface area (Å²) in [4.78, 5) is 0. The highest BCUT2D eigenvalue weighted by Crippen LogP contribution is 2.35. The summed E-state index contributed by atoms with van der Waals surface area (Å²) >= 11 is 0. The zero-order valence-corrected chi connectivity index (χ0v) is 10.5. The van der Waals surface area contributed by atoms with E-state index in [1.165, 1.54) is 0 Å². The van der Waals surface area contributed by atoms with Crippen LogP contribution in [0.1, 0.15) is 25.3 Å². The van der Waals surface area contributed by atoms with Gasteiger partial charge < -0.3 is 4.74 Å². The zero-order chi connectivity index (χ0) is 12.4. The Kier molecular flexibility index (Phi) is 3.08. The molecule has 1 aromatic heterocycles. The third-order valence-corrected chi connectivity index (χ3v) is 2.73. The molecule has 0 aliphatic carbocycles. The highest BCUT2D eigenvalue weighted by atomic mass is 16.5. The van der Waals surface area contributed by atoms with Gasteiger partial charge in [-0.15, -0.1) is 5.10 Å². The summed E-state index contributed by atoms with van der Waals surface area (Å²) in [7, 11) is 3.49. The lowest BCUT2D eigenvalue weighted by Gasteiger charge is -2.14. The summed E-state index contributed by atoms with van der Waals surface area (Å²) in [5, 5.41) is 11.5. The highest BCUT2D eigenvalue weighted by molar-refractivity contribution is 5.66. The molecule has 1 heterocycles. The number of benzene rings is 1. The Morgan fingerprint density at radius 1 is 1.29 bits per heavy atom. The molecule has 0 saturated carbocycles. The molecule has 0 amide bonds. The van der Waals surface area contributed by atoms with Gasteiger partial charge in [0, 0.05) is 7.05 Å². The van der Waals surface area contributed by atoms with Crippen LogP contribution < -0.4 is 4.74 Å². The lowest BCUT2D eigenvalue weighted by molar-refractivity contribution is 0.408. The lowest BCUT2D eigenvalue weighted by Crippen LogP contribution is -2.00. The molecule has 0 spiro atoms. The smallest absolute Gasteiger partial charge is 0.185 e. The van der Waals surface area contributed by atoms with E-state index in [9.17, 15) is 0 Å².